The van der Waals surface area contributed by atoms with E-state index in [0.717, 1.165) is 18.5 Å². The summed E-state index contributed by atoms with van der Waals surface area (Å²) in [4.78, 5) is 4.42. The average molecular weight is 209 g/mol. The molecule has 0 amide bonds. The van der Waals surface area contributed by atoms with Crippen LogP contribution in [0.3, 0.4) is 0 Å². The highest BCUT2D eigenvalue weighted by atomic mass is 14.7. The van der Waals surface area contributed by atoms with Crippen molar-refractivity contribution in [1.29, 1.82) is 0 Å². The average Bonchev–Trinajstić information content (AvgIpc) is 3.05. The number of rotatable bonds is 0. The van der Waals surface area contributed by atoms with Crippen LogP contribution in [0.5, 0.6) is 0 Å². The van der Waals surface area contributed by atoms with E-state index in [1.807, 2.05) is 6.21 Å². The summed E-state index contributed by atoms with van der Waals surface area (Å²) < 4.78 is 0. The number of fused-ring (bicyclic) bond motifs is 1. The summed E-state index contributed by atoms with van der Waals surface area (Å²) in [5.74, 6) is 6.75. The molecule has 16 heavy (non-hydrogen) atoms. The molecule has 1 aliphatic heterocycles. The highest BCUT2D eigenvalue weighted by molar-refractivity contribution is 5.71. The van der Waals surface area contributed by atoms with Crippen LogP contribution >= 0.6 is 0 Å². The molecular weight excluding hydrogens is 194 g/mol. The lowest BCUT2D eigenvalue weighted by atomic mass is 9.98. The van der Waals surface area contributed by atoms with Crippen molar-refractivity contribution in [2.75, 3.05) is 0 Å². The fourth-order valence-electron chi connectivity index (χ4n) is 1.98. The first-order valence-corrected chi connectivity index (χ1v) is 5.94. The monoisotopic (exact) mass is 209 g/mol. The molecule has 0 aromatic heterocycles. The molecule has 0 N–H and O–H groups in total. The van der Waals surface area contributed by atoms with Gasteiger partial charge in [0.25, 0.3) is 0 Å². The van der Waals surface area contributed by atoms with Crippen molar-refractivity contribution in [2.24, 2.45) is 10.4 Å². The molecule has 3 rings (SSSR count). The van der Waals surface area contributed by atoms with E-state index in [-0.39, 0.29) is 0 Å². The first-order valence-electron chi connectivity index (χ1n) is 5.94. The molecule has 1 aliphatic carbocycles. The van der Waals surface area contributed by atoms with E-state index in [9.17, 15) is 0 Å². The Labute approximate surface area is 96.6 Å². The van der Waals surface area contributed by atoms with Crippen LogP contribution in [0.1, 0.15) is 37.3 Å². The second kappa shape index (κ2) is 3.49. The van der Waals surface area contributed by atoms with Crippen LogP contribution in [0.4, 0.5) is 5.69 Å². The SMILES string of the molecule is CC1(C#Cc2cccc3c2CCC=N3)CC1. The van der Waals surface area contributed by atoms with Gasteiger partial charge in [0.1, 0.15) is 0 Å². The smallest absolute Gasteiger partial charge is 0.0670 e. The van der Waals surface area contributed by atoms with Gasteiger partial charge in [-0.2, -0.15) is 0 Å². The molecule has 1 heteroatoms. The van der Waals surface area contributed by atoms with Crippen LogP contribution in [0.15, 0.2) is 23.2 Å². The molecule has 0 bridgehead atoms. The van der Waals surface area contributed by atoms with Crippen LogP contribution in [-0.2, 0) is 6.42 Å². The fourth-order valence-corrected chi connectivity index (χ4v) is 1.98. The summed E-state index contributed by atoms with van der Waals surface area (Å²) in [5, 5.41) is 0. The maximum absolute atomic E-state index is 4.42. The van der Waals surface area contributed by atoms with Crippen molar-refractivity contribution < 1.29 is 0 Å². The molecule has 1 heterocycles. The zero-order valence-corrected chi connectivity index (χ0v) is 9.59. The standard InChI is InChI=1S/C15H15N/c1-15(9-10-15)8-7-12-4-2-6-14-13(12)5-3-11-16-14/h2,4,6,11H,3,5,9-10H2,1H3. The summed E-state index contributed by atoms with van der Waals surface area (Å²) >= 11 is 0. The zero-order valence-electron chi connectivity index (χ0n) is 9.59. The number of aliphatic imine (C=N–C) groups is 1. The third-order valence-corrected chi connectivity index (χ3v) is 3.40. The molecule has 1 aromatic carbocycles. The molecule has 0 atom stereocenters. The topological polar surface area (TPSA) is 12.4 Å². The lowest BCUT2D eigenvalue weighted by molar-refractivity contribution is 0.782. The van der Waals surface area contributed by atoms with Gasteiger partial charge in [0.05, 0.1) is 5.69 Å². The first-order chi connectivity index (χ1) is 7.77. The Hall–Kier alpha value is -1.55. The quantitative estimate of drug-likeness (QED) is 0.580. The molecule has 2 aliphatic rings. The second-order valence-electron chi connectivity index (χ2n) is 4.96. The number of hydrogen-bond donors (Lipinski definition) is 0. The van der Waals surface area contributed by atoms with E-state index in [0.29, 0.717) is 5.41 Å². The minimum Gasteiger partial charge on any atom is -0.261 e. The Balaban J connectivity index is 2.00. The summed E-state index contributed by atoms with van der Waals surface area (Å²) in [6, 6.07) is 6.26. The van der Waals surface area contributed by atoms with E-state index in [2.05, 4.69) is 42.0 Å². The second-order valence-corrected chi connectivity index (χ2v) is 4.96. The number of hydrogen-bond acceptors (Lipinski definition) is 1. The zero-order chi connectivity index (χ0) is 11.0. The van der Waals surface area contributed by atoms with Crippen LogP contribution in [0.25, 0.3) is 0 Å². The summed E-state index contributed by atoms with van der Waals surface area (Å²) in [6.45, 7) is 2.24. The van der Waals surface area contributed by atoms with E-state index in [4.69, 9.17) is 0 Å². The van der Waals surface area contributed by atoms with Gasteiger partial charge in [0.2, 0.25) is 0 Å². The maximum Gasteiger partial charge on any atom is 0.0670 e. The normalized spacial score (nSPS) is 19.6. The highest BCUT2D eigenvalue weighted by Gasteiger charge is 2.35. The largest absolute Gasteiger partial charge is 0.261 e. The predicted molar refractivity (Wildman–Crippen MR) is 67.1 cm³/mol. The van der Waals surface area contributed by atoms with E-state index < -0.39 is 0 Å². The molecule has 1 aromatic rings. The summed E-state index contributed by atoms with van der Waals surface area (Å²) in [6.07, 6.45) is 6.64. The lowest BCUT2D eigenvalue weighted by Crippen LogP contribution is -1.97. The molecule has 1 nitrogen and oxygen atoms in total. The van der Waals surface area contributed by atoms with Crippen molar-refractivity contribution in [1.82, 2.24) is 0 Å². The van der Waals surface area contributed by atoms with Gasteiger partial charge in [-0.3, -0.25) is 4.99 Å². The number of benzene rings is 1. The van der Waals surface area contributed by atoms with Crippen LogP contribution in [0, 0.1) is 17.3 Å². The fraction of sp³-hybridized carbons (Fsp3) is 0.400. The summed E-state index contributed by atoms with van der Waals surface area (Å²) in [7, 11) is 0. The molecular formula is C15H15N. The van der Waals surface area contributed by atoms with Crippen molar-refractivity contribution >= 4 is 11.9 Å². The van der Waals surface area contributed by atoms with Gasteiger partial charge in [0.15, 0.2) is 0 Å². The third-order valence-electron chi connectivity index (χ3n) is 3.40. The Morgan fingerprint density at radius 3 is 3.00 bits per heavy atom. The van der Waals surface area contributed by atoms with Crippen molar-refractivity contribution in [3.63, 3.8) is 0 Å². The minimum absolute atomic E-state index is 0.306. The molecule has 1 fully saturated rings. The van der Waals surface area contributed by atoms with Gasteiger partial charge in [-0.05, 0) is 50.3 Å². The third kappa shape index (κ3) is 1.76. The van der Waals surface area contributed by atoms with E-state index in [1.165, 1.54) is 24.0 Å². The van der Waals surface area contributed by atoms with Gasteiger partial charge in [-0.25, -0.2) is 0 Å². The Bertz CT molecular complexity index is 510. The molecule has 0 unspecified atom stereocenters. The Kier molecular flexibility index (Phi) is 2.11. The van der Waals surface area contributed by atoms with Crippen LogP contribution < -0.4 is 0 Å². The van der Waals surface area contributed by atoms with Crippen molar-refractivity contribution in [2.45, 2.75) is 32.6 Å². The van der Waals surface area contributed by atoms with Crippen LogP contribution in [-0.4, -0.2) is 6.21 Å². The van der Waals surface area contributed by atoms with E-state index >= 15 is 0 Å². The predicted octanol–water partition coefficient (Wildman–Crippen LogP) is 3.49. The van der Waals surface area contributed by atoms with Gasteiger partial charge in [0, 0.05) is 17.2 Å². The van der Waals surface area contributed by atoms with Gasteiger partial charge in [-0.15, -0.1) is 0 Å². The molecule has 1 saturated carbocycles. The Morgan fingerprint density at radius 1 is 1.31 bits per heavy atom. The first kappa shape index (κ1) is 9.66. The maximum atomic E-state index is 4.42. The summed E-state index contributed by atoms with van der Waals surface area (Å²) in [5.41, 5.74) is 3.93. The van der Waals surface area contributed by atoms with Gasteiger partial charge >= 0.3 is 0 Å². The molecule has 0 radical (unpaired) electrons. The highest BCUT2D eigenvalue weighted by Crippen LogP contribution is 2.44. The number of nitrogens with zero attached hydrogens (tertiary/aromatic N) is 1. The van der Waals surface area contributed by atoms with E-state index in [1.54, 1.807) is 0 Å². The van der Waals surface area contributed by atoms with Crippen molar-refractivity contribution in [3.8, 4) is 11.8 Å². The Morgan fingerprint density at radius 2 is 2.19 bits per heavy atom. The molecule has 80 valence electrons. The van der Waals surface area contributed by atoms with Crippen molar-refractivity contribution in [3.05, 3.63) is 29.3 Å². The van der Waals surface area contributed by atoms with Gasteiger partial charge < -0.3 is 0 Å². The molecule has 0 spiro atoms. The van der Waals surface area contributed by atoms with Crippen LogP contribution in [0.2, 0.25) is 0 Å². The van der Waals surface area contributed by atoms with Gasteiger partial charge in [-0.1, -0.05) is 17.9 Å². The lowest BCUT2D eigenvalue weighted by Gasteiger charge is -2.11. The minimum atomic E-state index is 0.306. The molecule has 0 saturated heterocycles.